The van der Waals surface area contributed by atoms with Crippen molar-refractivity contribution in [2.24, 2.45) is 5.73 Å². The van der Waals surface area contributed by atoms with Crippen molar-refractivity contribution in [2.75, 3.05) is 7.05 Å². The topological polar surface area (TPSA) is 55.0 Å². The Morgan fingerprint density at radius 1 is 1.11 bits per heavy atom. The van der Waals surface area contributed by atoms with E-state index in [-0.39, 0.29) is 0 Å². The highest BCUT2D eigenvalue weighted by Crippen LogP contribution is 2.09. The maximum absolute atomic E-state index is 5.71. The first kappa shape index (κ1) is 12.7. The van der Waals surface area contributed by atoms with Crippen molar-refractivity contribution in [1.29, 1.82) is 0 Å². The number of hydrogen-bond donors (Lipinski definition) is 1. The van der Waals surface area contributed by atoms with E-state index in [2.05, 4.69) is 21.9 Å². The molecule has 0 bridgehead atoms. The molecule has 0 fully saturated rings. The van der Waals surface area contributed by atoms with Crippen LogP contribution in [0.5, 0.6) is 0 Å². The molecule has 2 rings (SSSR count). The molecule has 0 aliphatic carbocycles. The number of pyridine rings is 2. The second-order valence-electron chi connectivity index (χ2n) is 4.34. The predicted octanol–water partition coefficient (Wildman–Crippen LogP) is 1.57. The Labute approximate surface area is 107 Å². The Hall–Kier alpha value is -1.78. The quantitative estimate of drug-likeness (QED) is 0.864. The second kappa shape index (κ2) is 6.23. The third-order valence-electron chi connectivity index (χ3n) is 2.83. The molecule has 0 radical (unpaired) electrons. The standard InChI is InChI=1S/C14H18N4/c1-18(10-12-4-7-16-8-5-12)11-14-13(9-15)3-2-6-17-14/h2-8H,9-11,15H2,1H3. The van der Waals surface area contributed by atoms with E-state index in [1.165, 1.54) is 5.56 Å². The Kier molecular flexibility index (Phi) is 4.39. The molecule has 0 unspecified atom stereocenters. The van der Waals surface area contributed by atoms with Gasteiger partial charge in [0, 0.05) is 38.2 Å². The molecule has 4 nitrogen and oxygen atoms in total. The molecule has 0 aromatic carbocycles. The van der Waals surface area contributed by atoms with Crippen LogP contribution >= 0.6 is 0 Å². The number of nitrogens with zero attached hydrogens (tertiary/aromatic N) is 3. The summed E-state index contributed by atoms with van der Waals surface area (Å²) in [6.45, 7) is 2.21. The van der Waals surface area contributed by atoms with Crippen LogP contribution in [0.2, 0.25) is 0 Å². The fraction of sp³-hybridized carbons (Fsp3) is 0.286. The van der Waals surface area contributed by atoms with Crippen molar-refractivity contribution in [1.82, 2.24) is 14.9 Å². The van der Waals surface area contributed by atoms with Gasteiger partial charge in [0.25, 0.3) is 0 Å². The molecule has 0 atom stereocenters. The summed E-state index contributed by atoms with van der Waals surface area (Å²) in [5.41, 5.74) is 9.12. The van der Waals surface area contributed by atoms with E-state index in [0.717, 1.165) is 24.3 Å². The average Bonchev–Trinajstić information content (AvgIpc) is 2.40. The molecule has 2 heterocycles. The summed E-state index contributed by atoms with van der Waals surface area (Å²) in [4.78, 5) is 10.6. The lowest BCUT2D eigenvalue weighted by atomic mass is 10.2. The third kappa shape index (κ3) is 3.35. The maximum atomic E-state index is 5.71. The van der Waals surface area contributed by atoms with Gasteiger partial charge in [0.15, 0.2) is 0 Å². The summed E-state index contributed by atoms with van der Waals surface area (Å²) in [7, 11) is 2.08. The third-order valence-corrected chi connectivity index (χ3v) is 2.83. The van der Waals surface area contributed by atoms with E-state index in [1.54, 1.807) is 0 Å². The molecule has 0 aliphatic heterocycles. The Morgan fingerprint density at radius 2 is 1.89 bits per heavy atom. The molecule has 0 saturated heterocycles. The van der Waals surface area contributed by atoms with Crippen LogP contribution in [-0.4, -0.2) is 21.9 Å². The first-order chi connectivity index (χ1) is 8.79. The zero-order valence-corrected chi connectivity index (χ0v) is 10.6. The van der Waals surface area contributed by atoms with Gasteiger partial charge in [0.2, 0.25) is 0 Å². The monoisotopic (exact) mass is 242 g/mol. The lowest BCUT2D eigenvalue weighted by Crippen LogP contribution is -2.19. The van der Waals surface area contributed by atoms with Crippen LogP contribution < -0.4 is 5.73 Å². The van der Waals surface area contributed by atoms with Gasteiger partial charge in [-0.25, -0.2) is 0 Å². The van der Waals surface area contributed by atoms with Gasteiger partial charge in [-0.1, -0.05) is 6.07 Å². The molecule has 2 aromatic heterocycles. The van der Waals surface area contributed by atoms with Crippen molar-refractivity contribution in [3.63, 3.8) is 0 Å². The van der Waals surface area contributed by atoms with Crippen LogP contribution in [0.1, 0.15) is 16.8 Å². The van der Waals surface area contributed by atoms with Crippen molar-refractivity contribution in [2.45, 2.75) is 19.6 Å². The number of rotatable bonds is 5. The van der Waals surface area contributed by atoms with Crippen LogP contribution in [-0.2, 0) is 19.6 Å². The van der Waals surface area contributed by atoms with Gasteiger partial charge >= 0.3 is 0 Å². The van der Waals surface area contributed by atoms with Gasteiger partial charge in [0.05, 0.1) is 5.69 Å². The normalized spacial score (nSPS) is 10.8. The van der Waals surface area contributed by atoms with Crippen molar-refractivity contribution in [3.8, 4) is 0 Å². The minimum Gasteiger partial charge on any atom is -0.326 e. The maximum Gasteiger partial charge on any atom is 0.0588 e. The molecular formula is C14H18N4. The van der Waals surface area contributed by atoms with Crippen LogP contribution in [0.15, 0.2) is 42.9 Å². The van der Waals surface area contributed by atoms with Crippen LogP contribution in [0.4, 0.5) is 0 Å². The number of aromatic nitrogens is 2. The van der Waals surface area contributed by atoms with Crippen LogP contribution in [0.3, 0.4) is 0 Å². The predicted molar refractivity (Wildman–Crippen MR) is 71.5 cm³/mol. The Balaban J connectivity index is 2.01. The summed E-state index contributed by atoms with van der Waals surface area (Å²) in [5.74, 6) is 0. The second-order valence-corrected chi connectivity index (χ2v) is 4.34. The highest BCUT2D eigenvalue weighted by atomic mass is 15.1. The van der Waals surface area contributed by atoms with Gasteiger partial charge < -0.3 is 5.73 Å². The SMILES string of the molecule is CN(Cc1ccncc1)Cc1ncccc1CN. The molecule has 2 N–H and O–H groups in total. The highest BCUT2D eigenvalue weighted by Gasteiger charge is 2.06. The lowest BCUT2D eigenvalue weighted by Gasteiger charge is -2.17. The minimum atomic E-state index is 0.534. The van der Waals surface area contributed by atoms with Gasteiger partial charge in [-0.3, -0.25) is 14.9 Å². The Morgan fingerprint density at radius 3 is 2.61 bits per heavy atom. The van der Waals surface area contributed by atoms with E-state index in [0.29, 0.717) is 6.54 Å². The Bertz CT molecular complexity index is 484. The minimum absolute atomic E-state index is 0.534. The molecule has 94 valence electrons. The van der Waals surface area contributed by atoms with E-state index in [1.807, 2.05) is 42.9 Å². The van der Waals surface area contributed by atoms with Crippen molar-refractivity contribution < 1.29 is 0 Å². The van der Waals surface area contributed by atoms with E-state index in [9.17, 15) is 0 Å². The smallest absolute Gasteiger partial charge is 0.0588 e. The van der Waals surface area contributed by atoms with E-state index in [4.69, 9.17) is 5.73 Å². The molecular weight excluding hydrogens is 224 g/mol. The first-order valence-corrected chi connectivity index (χ1v) is 6.00. The molecule has 18 heavy (non-hydrogen) atoms. The van der Waals surface area contributed by atoms with Gasteiger partial charge in [0.1, 0.15) is 0 Å². The van der Waals surface area contributed by atoms with Gasteiger partial charge in [-0.05, 0) is 36.4 Å². The molecule has 0 aliphatic rings. The zero-order chi connectivity index (χ0) is 12.8. The highest BCUT2D eigenvalue weighted by molar-refractivity contribution is 5.19. The van der Waals surface area contributed by atoms with Crippen LogP contribution in [0.25, 0.3) is 0 Å². The lowest BCUT2D eigenvalue weighted by molar-refractivity contribution is 0.314. The molecule has 0 spiro atoms. The number of hydrogen-bond acceptors (Lipinski definition) is 4. The summed E-state index contributed by atoms with van der Waals surface area (Å²) >= 11 is 0. The van der Waals surface area contributed by atoms with E-state index >= 15 is 0 Å². The fourth-order valence-corrected chi connectivity index (χ4v) is 1.91. The summed E-state index contributed by atoms with van der Waals surface area (Å²) in [5, 5.41) is 0. The largest absolute Gasteiger partial charge is 0.326 e. The molecule has 0 amide bonds. The summed E-state index contributed by atoms with van der Waals surface area (Å²) < 4.78 is 0. The summed E-state index contributed by atoms with van der Waals surface area (Å²) in [6, 6.07) is 8.01. The fourth-order valence-electron chi connectivity index (χ4n) is 1.91. The summed E-state index contributed by atoms with van der Waals surface area (Å²) in [6.07, 6.45) is 5.44. The number of nitrogens with two attached hydrogens (primary N) is 1. The van der Waals surface area contributed by atoms with Crippen LogP contribution in [0, 0.1) is 0 Å². The molecule has 4 heteroatoms. The van der Waals surface area contributed by atoms with Gasteiger partial charge in [-0.15, -0.1) is 0 Å². The molecule has 2 aromatic rings. The van der Waals surface area contributed by atoms with Gasteiger partial charge in [-0.2, -0.15) is 0 Å². The molecule has 0 saturated carbocycles. The first-order valence-electron chi connectivity index (χ1n) is 6.00. The van der Waals surface area contributed by atoms with E-state index < -0.39 is 0 Å². The van der Waals surface area contributed by atoms with Crippen molar-refractivity contribution in [3.05, 3.63) is 59.7 Å². The van der Waals surface area contributed by atoms with Crippen molar-refractivity contribution >= 4 is 0 Å². The zero-order valence-electron chi connectivity index (χ0n) is 10.6. The average molecular weight is 242 g/mol.